The summed E-state index contributed by atoms with van der Waals surface area (Å²) in [5.74, 6) is -0.305. The summed E-state index contributed by atoms with van der Waals surface area (Å²) >= 11 is 0. The highest BCUT2D eigenvalue weighted by molar-refractivity contribution is 6.16. The summed E-state index contributed by atoms with van der Waals surface area (Å²) in [6.07, 6.45) is 1.56. The summed E-state index contributed by atoms with van der Waals surface area (Å²) in [7, 11) is 0. The van der Waals surface area contributed by atoms with E-state index in [0.717, 1.165) is 0 Å². The van der Waals surface area contributed by atoms with E-state index < -0.39 is 0 Å². The molecule has 8 nitrogen and oxygen atoms in total. The van der Waals surface area contributed by atoms with E-state index in [-0.39, 0.29) is 24.3 Å². The van der Waals surface area contributed by atoms with Crippen LogP contribution in [0.25, 0.3) is 22.4 Å². The van der Waals surface area contributed by atoms with Crippen molar-refractivity contribution < 1.29 is 18.8 Å². The van der Waals surface area contributed by atoms with Crippen LogP contribution < -0.4 is 15.5 Å². The molecular formula is C29H20N4O4. The Balaban J connectivity index is 1.26. The number of nitrogens with one attached hydrogen (secondary N) is 2. The normalized spacial score (nSPS) is 12.6. The highest BCUT2D eigenvalue weighted by Gasteiger charge is 2.27. The van der Waals surface area contributed by atoms with Crippen LogP contribution in [0, 0.1) is 0 Å². The molecule has 3 aromatic carbocycles. The van der Waals surface area contributed by atoms with E-state index in [1.165, 1.54) is 4.90 Å². The van der Waals surface area contributed by atoms with Crippen molar-refractivity contribution in [2.24, 2.45) is 0 Å². The van der Waals surface area contributed by atoms with Crippen LogP contribution in [-0.2, 0) is 4.79 Å². The van der Waals surface area contributed by atoms with Gasteiger partial charge < -0.3 is 15.1 Å². The van der Waals surface area contributed by atoms with Crippen molar-refractivity contribution in [2.75, 3.05) is 22.1 Å². The zero-order valence-electron chi connectivity index (χ0n) is 19.5. The minimum absolute atomic E-state index is 0.0680. The Labute approximate surface area is 211 Å². The van der Waals surface area contributed by atoms with Gasteiger partial charge in [0.15, 0.2) is 5.76 Å². The SMILES string of the molecule is O=C1CN(C(=O)c2ccc(NC(=O)c3cc(-c4ccco4)nc4ccccc34)cc2)c2ccccc2N1. The smallest absolute Gasteiger partial charge is 0.258 e. The Kier molecular flexibility index (Phi) is 5.46. The molecule has 0 fully saturated rings. The Bertz CT molecular complexity index is 1660. The number of furan rings is 1. The van der Waals surface area contributed by atoms with E-state index in [2.05, 4.69) is 15.6 Å². The summed E-state index contributed by atoms with van der Waals surface area (Å²) < 4.78 is 5.48. The molecule has 0 radical (unpaired) electrons. The van der Waals surface area contributed by atoms with Gasteiger partial charge in [0.25, 0.3) is 11.8 Å². The molecule has 180 valence electrons. The second-order valence-electron chi connectivity index (χ2n) is 8.54. The van der Waals surface area contributed by atoms with Gasteiger partial charge in [0, 0.05) is 16.6 Å². The summed E-state index contributed by atoms with van der Waals surface area (Å²) in [4.78, 5) is 44.7. The molecule has 1 aliphatic heterocycles. The first-order valence-electron chi connectivity index (χ1n) is 11.6. The molecule has 2 N–H and O–H groups in total. The number of anilines is 3. The maximum absolute atomic E-state index is 13.3. The van der Waals surface area contributed by atoms with Crippen LogP contribution in [0.4, 0.5) is 17.1 Å². The van der Waals surface area contributed by atoms with E-state index in [0.29, 0.717) is 50.5 Å². The van der Waals surface area contributed by atoms with Crippen LogP contribution in [0.5, 0.6) is 0 Å². The van der Waals surface area contributed by atoms with Crippen molar-refractivity contribution >= 4 is 45.7 Å². The van der Waals surface area contributed by atoms with Gasteiger partial charge in [0.1, 0.15) is 12.2 Å². The van der Waals surface area contributed by atoms with E-state index in [9.17, 15) is 14.4 Å². The maximum Gasteiger partial charge on any atom is 0.258 e. The number of fused-ring (bicyclic) bond motifs is 2. The summed E-state index contributed by atoms with van der Waals surface area (Å²) in [5.41, 5.74) is 3.84. The summed E-state index contributed by atoms with van der Waals surface area (Å²) in [6, 6.07) is 26.4. The number of para-hydroxylation sites is 3. The molecule has 0 saturated heterocycles. The van der Waals surface area contributed by atoms with E-state index in [4.69, 9.17) is 4.42 Å². The van der Waals surface area contributed by atoms with Crippen molar-refractivity contribution in [2.45, 2.75) is 0 Å². The average molecular weight is 489 g/mol. The highest BCUT2D eigenvalue weighted by atomic mass is 16.3. The number of nitrogens with zero attached hydrogens (tertiary/aromatic N) is 2. The van der Waals surface area contributed by atoms with Crippen molar-refractivity contribution in [3.05, 3.63) is 108 Å². The van der Waals surface area contributed by atoms with E-state index in [1.54, 1.807) is 66.9 Å². The van der Waals surface area contributed by atoms with Crippen LogP contribution >= 0.6 is 0 Å². The molecular weight excluding hydrogens is 468 g/mol. The average Bonchev–Trinajstić information content (AvgIpc) is 3.47. The van der Waals surface area contributed by atoms with Gasteiger partial charge in [-0.2, -0.15) is 0 Å². The Hall–Kier alpha value is -5.24. The van der Waals surface area contributed by atoms with Crippen LogP contribution in [0.1, 0.15) is 20.7 Å². The van der Waals surface area contributed by atoms with Gasteiger partial charge in [0.2, 0.25) is 5.91 Å². The van der Waals surface area contributed by atoms with Gasteiger partial charge in [-0.25, -0.2) is 4.98 Å². The number of amides is 3. The predicted octanol–water partition coefficient (Wildman–Crippen LogP) is 5.35. The van der Waals surface area contributed by atoms with Crippen molar-refractivity contribution in [3.63, 3.8) is 0 Å². The predicted molar refractivity (Wildman–Crippen MR) is 141 cm³/mol. The molecule has 37 heavy (non-hydrogen) atoms. The molecule has 3 amide bonds. The lowest BCUT2D eigenvalue weighted by Crippen LogP contribution is -2.42. The van der Waals surface area contributed by atoms with Crippen LogP contribution in [0.15, 0.2) is 102 Å². The van der Waals surface area contributed by atoms with Crippen LogP contribution in [0.3, 0.4) is 0 Å². The van der Waals surface area contributed by atoms with Gasteiger partial charge >= 0.3 is 0 Å². The van der Waals surface area contributed by atoms with Gasteiger partial charge in [-0.15, -0.1) is 0 Å². The summed E-state index contributed by atoms with van der Waals surface area (Å²) in [5, 5.41) is 6.39. The zero-order chi connectivity index (χ0) is 25.4. The molecule has 6 rings (SSSR count). The zero-order valence-corrected chi connectivity index (χ0v) is 19.5. The fourth-order valence-corrected chi connectivity index (χ4v) is 4.38. The van der Waals surface area contributed by atoms with Crippen molar-refractivity contribution in [3.8, 4) is 11.5 Å². The standard InChI is InChI=1S/C29H20N4O4/c34-27-17-33(25-9-4-3-8-23(25)32-27)29(36)18-11-13-19(14-12-18)30-28(35)21-16-24(26-10-5-15-37-26)31-22-7-2-1-6-20(21)22/h1-16H,17H2,(H,30,35)(H,32,34). The highest BCUT2D eigenvalue weighted by Crippen LogP contribution is 2.30. The summed E-state index contributed by atoms with van der Waals surface area (Å²) in [6.45, 7) is -0.0680. The number of carbonyl (C=O) groups is 3. The van der Waals surface area contributed by atoms with Crippen molar-refractivity contribution in [1.29, 1.82) is 0 Å². The Morgan fingerprint density at radius 1 is 0.919 bits per heavy atom. The molecule has 0 atom stereocenters. The minimum atomic E-state index is -0.313. The second-order valence-corrected chi connectivity index (χ2v) is 8.54. The molecule has 3 heterocycles. The molecule has 0 spiro atoms. The lowest BCUT2D eigenvalue weighted by atomic mass is 10.1. The molecule has 0 unspecified atom stereocenters. The molecule has 2 aromatic heterocycles. The third-order valence-corrected chi connectivity index (χ3v) is 6.14. The number of benzene rings is 3. The molecule has 0 bridgehead atoms. The number of hydrogen-bond donors (Lipinski definition) is 2. The van der Waals surface area contributed by atoms with Gasteiger partial charge in [-0.1, -0.05) is 30.3 Å². The lowest BCUT2D eigenvalue weighted by molar-refractivity contribution is -0.115. The van der Waals surface area contributed by atoms with Gasteiger partial charge in [-0.05, 0) is 60.7 Å². The fraction of sp³-hybridized carbons (Fsp3) is 0.0345. The first-order chi connectivity index (χ1) is 18.1. The first-order valence-corrected chi connectivity index (χ1v) is 11.6. The van der Waals surface area contributed by atoms with Crippen LogP contribution in [-0.4, -0.2) is 29.3 Å². The van der Waals surface area contributed by atoms with E-state index >= 15 is 0 Å². The molecule has 8 heteroatoms. The Morgan fingerprint density at radius 2 is 1.70 bits per heavy atom. The largest absolute Gasteiger partial charge is 0.463 e. The topological polar surface area (TPSA) is 105 Å². The van der Waals surface area contributed by atoms with Gasteiger partial charge in [0.05, 0.1) is 28.7 Å². The molecule has 1 aliphatic rings. The number of rotatable bonds is 4. The number of pyridine rings is 1. The molecule has 0 aliphatic carbocycles. The first kappa shape index (κ1) is 22.2. The van der Waals surface area contributed by atoms with Crippen LogP contribution in [0.2, 0.25) is 0 Å². The minimum Gasteiger partial charge on any atom is -0.463 e. The quantitative estimate of drug-likeness (QED) is 0.355. The molecule has 0 saturated carbocycles. The fourth-order valence-electron chi connectivity index (χ4n) is 4.38. The molecule has 5 aromatic rings. The number of carbonyl (C=O) groups excluding carboxylic acids is 3. The Morgan fingerprint density at radius 3 is 2.51 bits per heavy atom. The lowest BCUT2D eigenvalue weighted by Gasteiger charge is -2.29. The number of aromatic nitrogens is 1. The third kappa shape index (κ3) is 4.21. The maximum atomic E-state index is 13.3. The van der Waals surface area contributed by atoms with Gasteiger partial charge in [-0.3, -0.25) is 19.3 Å². The second kappa shape index (κ2) is 9.09. The monoisotopic (exact) mass is 488 g/mol. The van der Waals surface area contributed by atoms with E-state index in [1.807, 2.05) is 30.3 Å². The third-order valence-electron chi connectivity index (χ3n) is 6.14. The number of hydrogen-bond acceptors (Lipinski definition) is 5. The van der Waals surface area contributed by atoms with Crippen molar-refractivity contribution in [1.82, 2.24) is 4.98 Å².